The third-order valence-electron chi connectivity index (χ3n) is 3.75. The van der Waals surface area contributed by atoms with Gasteiger partial charge in [0.15, 0.2) is 17.2 Å². The van der Waals surface area contributed by atoms with E-state index in [1.165, 1.54) is 43.5 Å². The Morgan fingerprint density at radius 3 is 2.80 bits per heavy atom. The number of hydrogen-bond acceptors (Lipinski definition) is 5. The molecule has 0 bridgehead atoms. The van der Waals surface area contributed by atoms with Crippen molar-refractivity contribution in [3.8, 4) is 5.75 Å². The zero-order valence-electron chi connectivity index (χ0n) is 14.1. The molecule has 7 nitrogen and oxygen atoms in total. The van der Waals surface area contributed by atoms with E-state index in [9.17, 15) is 9.18 Å². The van der Waals surface area contributed by atoms with E-state index in [2.05, 4.69) is 9.97 Å². The van der Waals surface area contributed by atoms with Gasteiger partial charge < -0.3 is 13.9 Å². The molecule has 0 spiro atoms. The molecule has 3 rings (SSSR count). The van der Waals surface area contributed by atoms with Crippen LogP contribution in [0.5, 0.6) is 5.75 Å². The molecule has 2 aromatic heterocycles. The lowest BCUT2D eigenvalue weighted by molar-refractivity contribution is 0.0931. The molecule has 0 unspecified atom stereocenters. The molecule has 0 radical (unpaired) electrons. The van der Waals surface area contributed by atoms with Gasteiger partial charge in [-0.15, -0.1) is 0 Å². The molecule has 1 amide bonds. The van der Waals surface area contributed by atoms with Crippen LogP contribution in [0.1, 0.15) is 16.2 Å². The molecule has 8 heteroatoms. The van der Waals surface area contributed by atoms with Crippen molar-refractivity contribution in [3.05, 3.63) is 54.0 Å². The maximum absolute atomic E-state index is 13.6. The second kappa shape index (κ2) is 6.86. The van der Waals surface area contributed by atoms with Gasteiger partial charge in [0.25, 0.3) is 5.91 Å². The van der Waals surface area contributed by atoms with Crippen molar-refractivity contribution in [3.63, 3.8) is 0 Å². The highest BCUT2D eigenvalue weighted by Gasteiger charge is 2.21. The Morgan fingerprint density at radius 1 is 1.28 bits per heavy atom. The van der Waals surface area contributed by atoms with E-state index in [4.69, 9.17) is 9.47 Å². The summed E-state index contributed by atoms with van der Waals surface area (Å²) in [5.74, 6) is -0.851. The second-order valence-corrected chi connectivity index (χ2v) is 5.37. The lowest BCUT2D eigenvalue weighted by atomic mass is 10.2. The summed E-state index contributed by atoms with van der Waals surface area (Å²) in [7, 11) is 2.83. The van der Waals surface area contributed by atoms with Crippen molar-refractivity contribution in [2.45, 2.75) is 6.92 Å². The number of rotatable bonds is 5. The highest BCUT2D eigenvalue weighted by molar-refractivity contribution is 6.04. The van der Waals surface area contributed by atoms with E-state index in [0.29, 0.717) is 11.3 Å². The number of imidazole rings is 1. The molecule has 25 heavy (non-hydrogen) atoms. The Bertz CT molecular complexity index is 925. The van der Waals surface area contributed by atoms with Crippen molar-refractivity contribution in [2.24, 2.45) is 0 Å². The van der Waals surface area contributed by atoms with Gasteiger partial charge in [-0.05, 0) is 19.1 Å². The molecule has 2 heterocycles. The van der Waals surface area contributed by atoms with Crippen molar-refractivity contribution in [1.82, 2.24) is 14.4 Å². The lowest BCUT2D eigenvalue weighted by Crippen LogP contribution is -2.33. The normalized spacial score (nSPS) is 10.9. The Balaban J connectivity index is 2.01. The molecule has 3 aromatic rings. The van der Waals surface area contributed by atoms with Crippen molar-refractivity contribution >= 4 is 17.2 Å². The molecule has 0 aliphatic carbocycles. The molecule has 0 saturated heterocycles. The summed E-state index contributed by atoms with van der Waals surface area (Å²) >= 11 is 0. The maximum atomic E-state index is 13.6. The first-order valence-electron chi connectivity index (χ1n) is 7.49. The quantitative estimate of drug-likeness (QED) is 0.665. The maximum Gasteiger partial charge on any atom is 0.280 e. The third kappa shape index (κ3) is 3.16. The largest absolute Gasteiger partial charge is 0.494 e. The standard InChI is InChI=1S/C17H17FN4O3/c1-11-7-20-16-8-19-14(9-21(11)16)17(23)22(10-24-2)12-4-5-13(18)15(6-12)25-3/h4-9H,10H2,1-3H3. The number of methoxy groups -OCH3 is 2. The average molecular weight is 344 g/mol. The van der Waals surface area contributed by atoms with Crippen LogP contribution in [0.25, 0.3) is 5.65 Å². The van der Waals surface area contributed by atoms with E-state index in [-0.39, 0.29) is 24.1 Å². The Hall–Kier alpha value is -3.00. The van der Waals surface area contributed by atoms with Crippen LogP contribution in [-0.4, -0.2) is 41.2 Å². The van der Waals surface area contributed by atoms with Gasteiger partial charge in [-0.25, -0.2) is 14.4 Å². The van der Waals surface area contributed by atoms with Gasteiger partial charge in [0.05, 0.1) is 19.0 Å². The first-order valence-corrected chi connectivity index (χ1v) is 7.49. The zero-order chi connectivity index (χ0) is 18.0. The summed E-state index contributed by atoms with van der Waals surface area (Å²) in [4.78, 5) is 22.6. The summed E-state index contributed by atoms with van der Waals surface area (Å²) in [6.07, 6.45) is 4.84. The number of nitrogens with zero attached hydrogens (tertiary/aromatic N) is 4. The molecule has 0 saturated carbocycles. The average Bonchev–Trinajstić information content (AvgIpc) is 3.00. The number of carbonyl (C=O) groups is 1. The fraction of sp³-hybridized carbons (Fsp3) is 0.235. The van der Waals surface area contributed by atoms with Crippen LogP contribution < -0.4 is 9.64 Å². The van der Waals surface area contributed by atoms with Crippen LogP contribution in [0.3, 0.4) is 0 Å². The van der Waals surface area contributed by atoms with Crippen LogP contribution in [0.2, 0.25) is 0 Å². The van der Waals surface area contributed by atoms with Crippen LogP contribution in [0, 0.1) is 12.7 Å². The lowest BCUT2D eigenvalue weighted by Gasteiger charge is -2.22. The molecular formula is C17H17FN4O3. The summed E-state index contributed by atoms with van der Waals surface area (Å²) in [6.45, 7) is 1.86. The van der Waals surface area contributed by atoms with Crippen LogP contribution in [0.4, 0.5) is 10.1 Å². The van der Waals surface area contributed by atoms with Crippen molar-refractivity contribution < 1.29 is 18.7 Å². The van der Waals surface area contributed by atoms with Crippen LogP contribution >= 0.6 is 0 Å². The minimum Gasteiger partial charge on any atom is -0.494 e. The number of aromatic nitrogens is 3. The van der Waals surface area contributed by atoms with Crippen LogP contribution in [0.15, 0.2) is 36.8 Å². The predicted molar refractivity (Wildman–Crippen MR) is 89.4 cm³/mol. The summed E-state index contributed by atoms with van der Waals surface area (Å²) in [6, 6.07) is 4.16. The van der Waals surface area contributed by atoms with Gasteiger partial charge in [-0.2, -0.15) is 0 Å². The van der Waals surface area contributed by atoms with Gasteiger partial charge in [-0.3, -0.25) is 9.69 Å². The molecule has 0 atom stereocenters. The molecule has 130 valence electrons. The summed E-state index contributed by atoms with van der Waals surface area (Å²) in [5, 5.41) is 0. The smallest absolute Gasteiger partial charge is 0.280 e. The SMILES string of the molecule is COCN(C(=O)c1cn2c(C)cnc2cn1)c1ccc(F)c(OC)c1. The van der Waals surface area contributed by atoms with Gasteiger partial charge in [0.2, 0.25) is 0 Å². The van der Waals surface area contributed by atoms with Crippen molar-refractivity contribution in [2.75, 3.05) is 25.9 Å². The highest BCUT2D eigenvalue weighted by atomic mass is 19.1. The van der Waals surface area contributed by atoms with Gasteiger partial charge in [0, 0.05) is 31.3 Å². The van der Waals surface area contributed by atoms with Gasteiger partial charge >= 0.3 is 0 Å². The number of ether oxygens (including phenoxy) is 2. The zero-order valence-corrected chi connectivity index (χ0v) is 14.1. The predicted octanol–water partition coefficient (Wildman–Crippen LogP) is 2.44. The number of amides is 1. The van der Waals surface area contributed by atoms with E-state index < -0.39 is 5.82 Å². The number of carbonyl (C=O) groups excluding carboxylic acids is 1. The van der Waals surface area contributed by atoms with Crippen molar-refractivity contribution in [1.29, 1.82) is 0 Å². The second-order valence-electron chi connectivity index (χ2n) is 5.37. The number of anilines is 1. The fourth-order valence-electron chi connectivity index (χ4n) is 2.46. The third-order valence-corrected chi connectivity index (χ3v) is 3.75. The molecule has 0 aliphatic heterocycles. The van der Waals surface area contributed by atoms with Gasteiger partial charge in [0.1, 0.15) is 12.4 Å². The fourth-order valence-corrected chi connectivity index (χ4v) is 2.46. The summed E-state index contributed by atoms with van der Waals surface area (Å²) in [5.41, 5.74) is 2.19. The molecule has 0 fully saturated rings. The van der Waals surface area contributed by atoms with E-state index >= 15 is 0 Å². The molecular weight excluding hydrogens is 327 g/mol. The van der Waals surface area contributed by atoms with Crippen LogP contribution in [-0.2, 0) is 4.74 Å². The van der Waals surface area contributed by atoms with E-state index in [1.54, 1.807) is 16.8 Å². The van der Waals surface area contributed by atoms with E-state index in [0.717, 1.165) is 5.69 Å². The molecule has 0 N–H and O–H groups in total. The molecule has 1 aromatic carbocycles. The first kappa shape index (κ1) is 16.8. The highest BCUT2D eigenvalue weighted by Crippen LogP contribution is 2.25. The number of halogens is 1. The Labute approximate surface area is 143 Å². The number of hydrogen-bond donors (Lipinski definition) is 0. The first-order chi connectivity index (χ1) is 12.0. The Morgan fingerprint density at radius 2 is 2.08 bits per heavy atom. The number of benzene rings is 1. The van der Waals surface area contributed by atoms with E-state index in [1.807, 2.05) is 6.92 Å². The Kier molecular flexibility index (Phi) is 4.62. The number of aryl methyl sites for hydroxylation is 1. The number of fused-ring (bicyclic) bond motifs is 1. The summed E-state index contributed by atoms with van der Waals surface area (Å²) < 4.78 is 25.5. The minimum absolute atomic E-state index is 0.0176. The topological polar surface area (TPSA) is 69.0 Å². The minimum atomic E-state index is -0.510. The monoisotopic (exact) mass is 344 g/mol. The van der Waals surface area contributed by atoms with Gasteiger partial charge in [-0.1, -0.05) is 0 Å². The molecule has 0 aliphatic rings.